The third kappa shape index (κ3) is 9.51. The first-order valence-electron chi connectivity index (χ1n) is 12.3. The monoisotopic (exact) mass is 504 g/mol. The molecule has 1 rings (SSSR count). The number of hydrogen-bond acceptors (Lipinski definition) is 5. The summed E-state index contributed by atoms with van der Waals surface area (Å²) >= 11 is 0. The number of hydrogen-bond donors (Lipinski definition) is 3. The van der Waals surface area contributed by atoms with Gasteiger partial charge >= 0.3 is 6.09 Å². The zero-order valence-corrected chi connectivity index (χ0v) is 23.4. The Hall–Kier alpha value is -3.10. The first-order chi connectivity index (χ1) is 16.3. The molecular weight excluding hydrogens is 460 g/mol. The van der Waals surface area contributed by atoms with Crippen molar-refractivity contribution in [3.8, 4) is 0 Å². The molecule has 2 atom stereocenters. The topological polar surface area (TPSA) is 131 Å². The maximum absolute atomic E-state index is 14.1. The van der Waals surface area contributed by atoms with E-state index in [4.69, 9.17) is 10.5 Å². The molecule has 0 aliphatic heterocycles. The fraction of sp³-hybridized carbons (Fsp3) is 0.630. The highest BCUT2D eigenvalue weighted by Crippen LogP contribution is 2.33. The van der Waals surface area contributed by atoms with Crippen molar-refractivity contribution in [3.63, 3.8) is 0 Å². The maximum atomic E-state index is 14.1. The third-order valence-electron chi connectivity index (χ3n) is 5.55. The van der Waals surface area contributed by atoms with E-state index in [1.54, 1.807) is 32.9 Å². The van der Waals surface area contributed by atoms with Gasteiger partial charge in [0.05, 0.1) is 6.42 Å². The van der Waals surface area contributed by atoms with Crippen LogP contribution in [0.1, 0.15) is 92.3 Å². The molecule has 1 aromatic carbocycles. The largest absolute Gasteiger partial charge is 0.444 e. The number of ether oxygens (including phenoxy) is 1. The summed E-state index contributed by atoms with van der Waals surface area (Å²) in [5.41, 5.74) is 4.84. The van der Waals surface area contributed by atoms with Gasteiger partial charge in [-0.05, 0) is 74.3 Å². The normalized spacial score (nSPS) is 13.8. The van der Waals surface area contributed by atoms with Gasteiger partial charge in [-0.3, -0.25) is 14.4 Å². The van der Waals surface area contributed by atoms with E-state index in [2.05, 4.69) is 10.6 Å². The van der Waals surface area contributed by atoms with Crippen LogP contribution in [0.25, 0.3) is 0 Å². The second kappa shape index (κ2) is 11.8. The third-order valence-corrected chi connectivity index (χ3v) is 5.55. The summed E-state index contributed by atoms with van der Waals surface area (Å²) in [5, 5.41) is 5.48. The van der Waals surface area contributed by atoms with Gasteiger partial charge in [0, 0.05) is 11.1 Å². The Bertz CT molecular complexity index is 942. The fourth-order valence-corrected chi connectivity index (χ4v) is 3.57. The lowest BCUT2D eigenvalue weighted by Crippen LogP contribution is -2.60. The van der Waals surface area contributed by atoms with Gasteiger partial charge in [-0.1, -0.05) is 36.8 Å². The van der Waals surface area contributed by atoms with Gasteiger partial charge in [0.2, 0.25) is 17.7 Å². The molecule has 0 spiro atoms. The molecule has 0 aliphatic rings. The summed E-state index contributed by atoms with van der Waals surface area (Å²) < 4.78 is 5.31. The molecule has 0 aromatic heterocycles. The first-order valence-corrected chi connectivity index (χ1v) is 12.3. The van der Waals surface area contributed by atoms with Gasteiger partial charge in [0.25, 0.3) is 0 Å². The van der Waals surface area contributed by atoms with Crippen molar-refractivity contribution < 1.29 is 23.9 Å². The maximum Gasteiger partial charge on any atom is 0.408 e. The molecule has 0 heterocycles. The number of rotatable bonds is 9. The van der Waals surface area contributed by atoms with Gasteiger partial charge in [0.15, 0.2) is 0 Å². The number of aryl methyl sites for hydroxylation is 1. The van der Waals surface area contributed by atoms with E-state index in [0.717, 1.165) is 5.56 Å². The van der Waals surface area contributed by atoms with Gasteiger partial charge in [-0.25, -0.2) is 4.79 Å². The van der Waals surface area contributed by atoms with E-state index < -0.39 is 53.1 Å². The second-order valence-corrected chi connectivity index (χ2v) is 11.8. The number of carbonyl (C=O) groups excluding carboxylic acids is 4. The highest BCUT2D eigenvalue weighted by molar-refractivity contribution is 5.95. The minimum Gasteiger partial charge on any atom is -0.444 e. The molecule has 0 radical (unpaired) electrons. The van der Waals surface area contributed by atoms with Crippen molar-refractivity contribution in [2.24, 2.45) is 5.73 Å². The zero-order chi connectivity index (χ0) is 28.1. The Morgan fingerprint density at radius 3 is 1.92 bits per heavy atom. The van der Waals surface area contributed by atoms with E-state index in [0.29, 0.717) is 12.0 Å². The number of nitrogens with zero attached hydrogens (tertiary/aromatic N) is 1. The number of carbonyl (C=O) groups is 4. The lowest BCUT2D eigenvalue weighted by atomic mass is 9.91. The molecule has 202 valence electrons. The lowest BCUT2D eigenvalue weighted by molar-refractivity contribution is -0.150. The Morgan fingerprint density at radius 1 is 0.972 bits per heavy atom. The number of primary amides is 1. The molecule has 0 fully saturated rings. The summed E-state index contributed by atoms with van der Waals surface area (Å²) in [6.07, 6.45) is -0.808. The van der Waals surface area contributed by atoms with E-state index in [1.165, 1.54) is 4.90 Å². The molecule has 1 aromatic rings. The molecular formula is C27H44N4O5. The molecule has 2 unspecified atom stereocenters. The summed E-state index contributed by atoms with van der Waals surface area (Å²) in [7, 11) is 0. The van der Waals surface area contributed by atoms with Crippen LogP contribution in [0.15, 0.2) is 24.3 Å². The number of nitrogens with one attached hydrogen (secondary N) is 2. The van der Waals surface area contributed by atoms with Gasteiger partial charge in [-0.2, -0.15) is 0 Å². The van der Waals surface area contributed by atoms with Crippen molar-refractivity contribution in [1.82, 2.24) is 15.5 Å². The van der Waals surface area contributed by atoms with Crippen LogP contribution >= 0.6 is 0 Å². The quantitative estimate of drug-likeness (QED) is 0.472. The predicted octanol–water partition coefficient (Wildman–Crippen LogP) is 3.74. The summed E-state index contributed by atoms with van der Waals surface area (Å²) in [4.78, 5) is 53.7. The van der Waals surface area contributed by atoms with Crippen LogP contribution in [0.3, 0.4) is 0 Å². The summed E-state index contributed by atoms with van der Waals surface area (Å²) in [6.45, 7) is 18.1. The average molecular weight is 505 g/mol. The molecule has 9 nitrogen and oxygen atoms in total. The molecule has 4 amide bonds. The second-order valence-electron chi connectivity index (χ2n) is 11.8. The predicted molar refractivity (Wildman–Crippen MR) is 140 cm³/mol. The Labute approximate surface area is 215 Å². The van der Waals surface area contributed by atoms with Crippen molar-refractivity contribution in [2.75, 3.05) is 0 Å². The summed E-state index contributed by atoms with van der Waals surface area (Å²) in [5.74, 6) is -1.76. The molecule has 0 saturated heterocycles. The zero-order valence-electron chi connectivity index (χ0n) is 23.4. The molecule has 9 heteroatoms. The fourth-order valence-electron chi connectivity index (χ4n) is 3.57. The molecule has 36 heavy (non-hydrogen) atoms. The minimum absolute atomic E-state index is 0.378. The van der Waals surface area contributed by atoms with Gasteiger partial charge in [-0.15, -0.1) is 0 Å². The molecule has 0 saturated carbocycles. The highest BCUT2D eigenvalue weighted by atomic mass is 16.6. The van der Waals surface area contributed by atoms with Crippen LogP contribution in [-0.2, 0) is 19.1 Å². The van der Waals surface area contributed by atoms with Crippen molar-refractivity contribution >= 4 is 23.8 Å². The number of nitrogens with two attached hydrogens (primary N) is 1. The summed E-state index contributed by atoms with van der Waals surface area (Å²) in [6, 6.07) is 5.00. The Morgan fingerprint density at radius 2 is 1.50 bits per heavy atom. The Balaban J connectivity index is 3.67. The first kappa shape index (κ1) is 30.9. The molecule has 0 bridgehead atoms. The number of amides is 4. The van der Waals surface area contributed by atoms with Crippen molar-refractivity contribution in [3.05, 3.63) is 35.4 Å². The van der Waals surface area contributed by atoms with E-state index in [9.17, 15) is 19.2 Å². The van der Waals surface area contributed by atoms with Gasteiger partial charge < -0.3 is 26.0 Å². The smallest absolute Gasteiger partial charge is 0.408 e. The Kier molecular flexibility index (Phi) is 10.1. The minimum atomic E-state index is -1.32. The van der Waals surface area contributed by atoms with Crippen LogP contribution in [0.4, 0.5) is 4.79 Å². The van der Waals surface area contributed by atoms with E-state index >= 15 is 0 Å². The SMILES string of the molecule is CCC(C)(C)N(C(=O)C(CC(N)=O)NC(=O)OC(C)(C)C)C(C(=O)NC(C)(C)C)c1ccc(C)cc1. The van der Waals surface area contributed by atoms with Gasteiger partial charge in [0.1, 0.15) is 17.7 Å². The van der Waals surface area contributed by atoms with Crippen molar-refractivity contribution in [1.29, 1.82) is 0 Å². The van der Waals surface area contributed by atoms with Crippen LogP contribution in [0, 0.1) is 6.92 Å². The van der Waals surface area contributed by atoms with E-state index in [-0.39, 0.29) is 5.91 Å². The molecule has 4 N–H and O–H groups in total. The molecule has 0 aliphatic carbocycles. The standard InChI is InChI=1S/C27H44N4O5/c1-11-27(9,10)31(23(34)19(16-20(28)32)29-24(35)36-26(6,7)8)21(22(33)30-25(3,4)5)18-14-12-17(2)13-15-18/h12-15,19,21H,11,16H2,1-10H3,(H2,28,32)(H,29,35)(H,30,33). The highest BCUT2D eigenvalue weighted by Gasteiger charge is 2.44. The number of benzene rings is 1. The van der Waals surface area contributed by atoms with E-state index in [1.807, 2.05) is 60.6 Å². The van der Waals surface area contributed by atoms with Crippen LogP contribution in [0.2, 0.25) is 0 Å². The average Bonchev–Trinajstić information content (AvgIpc) is 2.68. The van der Waals surface area contributed by atoms with Crippen LogP contribution in [-0.4, -0.2) is 51.4 Å². The van der Waals surface area contributed by atoms with Crippen LogP contribution < -0.4 is 16.4 Å². The lowest BCUT2D eigenvalue weighted by Gasteiger charge is -2.45. The van der Waals surface area contributed by atoms with Crippen LogP contribution in [0.5, 0.6) is 0 Å². The number of alkyl carbamates (subject to hydrolysis) is 1. The van der Waals surface area contributed by atoms with Crippen molar-refractivity contribution in [2.45, 2.75) is 111 Å².